The van der Waals surface area contributed by atoms with Gasteiger partial charge in [0.05, 0.1) is 5.69 Å². The number of aromatic nitrogens is 1. The molecule has 9 heteroatoms. The van der Waals surface area contributed by atoms with Crippen molar-refractivity contribution in [3.63, 3.8) is 0 Å². The van der Waals surface area contributed by atoms with E-state index in [0.717, 1.165) is 24.2 Å². The molecule has 9 nitrogen and oxygen atoms in total. The zero-order chi connectivity index (χ0) is 24.7. The van der Waals surface area contributed by atoms with Crippen LogP contribution in [0.15, 0.2) is 65.5 Å². The minimum Gasteiger partial charge on any atom is -0.399 e. The van der Waals surface area contributed by atoms with Crippen LogP contribution in [0.2, 0.25) is 0 Å². The van der Waals surface area contributed by atoms with Gasteiger partial charge in [0.2, 0.25) is 5.91 Å². The van der Waals surface area contributed by atoms with E-state index in [-0.39, 0.29) is 30.4 Å². The number of carbonyl (C=O) groups excluding carboxylic acids is 1. The van der Waals surface area contributed by atoms with E-state index in [1.54, 1.807) is 42.5 Å². The number of anilines is 2. The van der Waals surface area contributed by atoms with Crippen LogP contribution in [0.3, 0.4) is 0 Å². The first-order chi connectivity index (χ1) is 16.3. The highest BCUT2D eigenvalue weighted by molar-refractivity contribution is 5.94. The fourth-order valence-corrected chi connectivity index (χ4v) is 3.52. The second kappa shape index (κ2) is 11.2. The molecule has 0 aliphatic heterocycles. The van der Waals surface area contributed by atoms with E-state index in [0.29, 0.717) is 22.6 Å². The summed E-state index contributed by atoms with van der Waals surface area (Å²) in [6.07, 6.45) is 0. The van der Waals surface area contributed by atoms with Gasteiger partial charge in [-0.1, -0.05) is 50.2 Å². The molecule has 1 amide bonds. The summed E-state index contributed by atoms with van der Waals surface area (Å²) in [5.74, 6) is -0.315. The summed E-state index contributed by atoms with van der Waals surface area (Å²) in [4.78, 5) is 26.2. The smallest absolute Gasteiger partial charge is 0.276 e. The van der Waals surface area contributed by atoms with Crippen LogP contribution < -0.4 is 27.8 Å². The molecule has 0 unspecified atom stereocenters. The summed E-state index contributed by atoms with van der Waals surface area (Å²) >= 11 is 0. The second-order valence-electron chi connectivity index (χ2n) is 7.82. The normalized spacial score (nSPS) is 10.8. The Labute approximate surface area is 198 Å². The predicted octanol–water partition coefficient (Wildman–Crippen LogP) is 2.37. The molecule has 0 saturated heterocycles. The third-order valence-corrected chi connectivity index (χ3v) is 5.45. The number of carbonyl (C=O) groups is 1. The van der Waals surface area contributed by atoms with Gasteiger partial charge >= 0.3 is 0 Å². The summed E-state index contributed by atoms with van der Waals surface area (Å²) < 4.78 is 1.45. The van der Waals surface area contributed by atoms with Gasteiger partial charge in [-0.25, -0.2) is 5.01 Å². The van der Waals surface area contributed by atoms with Crippen LogP contribution in [-0.2, 0) is 17.9 Å². The Morgan fingerprint density at radius 1 is 1.06 bits per heavy atom. The van der Waals surface area contributed by atoms with Gasteiger partial charge < -0.3 is 22.2 Å². The van der Waals surface area contributed by atoms with Crippen molar-refractivity contribution >= 4 is 23.1 Å². The number of hydrogen-bond acceptors (Lipinski definition) is 6. The highest BCUT2D eigenvalue weighted by atomic mass is 16.2. The van der Waals surface area contributed by atoms with Crippen LogP contribution >= 0.6 is 0 Å². The summed E-state index contributed by atoms with van der Waals surface area (Å²) in [5, 5.41) is 12.2. The van der Waals surface area contributed by atoms with Gasteiger partial charge in [0.1, 0.15) is 18.1 Å². The summed E-state index contributed by atoms with van der Waals surface area (Å²) in [6, 6.07) is 17.8. The van der Waals surface area contributed by atoms with E-state index in [1.807, 2.05) is 37.1 Å². The van der Waals surface area contributed by atoms with Gasteiger partial charge in [0, 0.05) is 36.4 Å². The average molecular weight is 462 g/mol. The number of nitrogens with one attached hydrogen (secondary N) is 3. The Bertz CT molecular complexity index is 1210. The maximum Gasteiger partial charge on any atom is 0.276 e. The number of nitrogens with two attached hydrogens (primary N) is 2. The highest BCUT2D eigenvalue weighted by Gasteiger charge is 2.15. The zero-order valence-corrected chi connectivity index (χ0v) is 19.5. The first-order valence-electron chi connectivity index (χ1n) is 11.1. The van der Waals surface area contributed by atoms with Gasteiger partial charge in [-0.05, 0) is 29.8 Å². The SMILES string of the molecule is CCN(CC)Nc1ccc(-c2cccc(N)c2)n(CC(=O)NCc2ccc(C(=N)N)cc2)c1=O. The van der Waals surface area contributed by atoms with E-state index in [4.69, 9.17) is 16.9 Å². The third-order valence-electron chi connectivity index (χ3n) is 5.45. The maximum absolute atomic E-state index is 13.4. The molecule has 1 heterocycles. The van der Waals surface area contributed by atoms with Gasteiger partial charge in [-0.15, -0.1) is 0 Å². The number of nitrogens with zero attached hydrogens (tertiary/aromatic N) is 2. The van der Waals surface area contributed by atoms with Crippen LogP contribution in [0.1, 0.15) is 25.0 Å². The average Bonchev–Trinajstić information content (AvgIpc) is 2.83. The van der Waals surface area contributed by atoms with Gasteiger partial charge in [-0.3, -0.25) is 19.6 Å². The van der Waals surface area contributed by atoms with E-state index in [9.17, 15) is 9.59 Å². The lowest BCUT2D eigenvalue weighted by molar-refractivity contribution is -0.121. The van der Waals surface area contributed by atoms with Gasteiger partial charge in [-0.2, -0.15) is 0 Å². The minimum atomic E-state index is -0.303. The van der Waals surface area contributed by atoms with Gasteiger partial charge in [0.15, 0.2) is 0 Å². The monoisotopic (exact) mass is 461 g/mol. The van der Waals surface area contributed by atoms with E-state index in [1.165, 1.54) is 4.57 Å². The quantitative estimate of drug-likeness (QED) is 0.136. The first-order valence-corrected chi connectivity index (χ1v) is 11.1. The summed E-state index contributed by atoms with van der Waals surface area (Å²) in [6.45, 7) is 5.56. The molecule has 3 aromatic rings. The summed E-state index contributed by atoms with van der Waals surface area (Å²) in [7, 11) is 0. The third kappa shape index (κ3) is 6.02. The van der Waals surface area contributed by atoms with E-state index < -0.39 is 0 Å². The molecule has 0 aliphatic rings. The van der Waals surface area contributed by atoms with Crippen LogP contribution in [0.5, 0.6) is 0 Å². The molecule has 0 atom stereocenters. The van der Waals surface area contributed by atoms with E-state index >= 15 is 0 Å². The molecule has 2 aromatic carbocycles. The molecule has 3 rings (SSSR count). The van der Waals surface area contributed by atoms with E-state index in [2.05, 4.69) is 10.7 Å². The van der Waals surface area contributed by atoms with Gasteiger partial charge in [0.25, 0.3) is 5.56 Å². The Kier molecular flexibility index (Phi) is 8.05. The van der Waals surface area contributed by atoms with Crippen molar-refractivity contribution in [3.05, 3.63) is 82.1 Å². The fourth-order valence-electron chi connectivity index (χ4n) is 3.52. The predicted molar refractivity (Wildman–Crippen MR) is 136 cm³/mol. The molecular formula is C25H31N7O2. The Balaban J connectivity index is 1.86. The van der Waals surface area contributed by atoms with Crippen molar-refractivity contribution in [1.82, 2.24) is 14.9 Å². The Morgan fingerprint density at radius 3 is 2.38 bits per heavy atom. The summed E-state index contributed by atoms with van der Waals surface area (Å²) in [5.41, 5.74) is 18.1. The molecule has 0 bridgehead atoms. The molecule has 0 radical (unpaired) electrons. The number of rotatable bonds is 10. The highest BCUT2D eigenvalue weighted by Crippen LogP contribution is 2.22. The topological polar surface area (TPSA) is 142 Å². The fraction of sp³-hybridized carbons (Fsp3) is 0.240. The van der Waals surface area contributed by atoms with Crippen LogP contribution in [0.4, 0.5) is 11.4 Å². The number of pyridine rings is 1. The molecule has 0 spiro atoms. The molecule has 0 fully saturated rings. The van der Waals surface area contributed by atoms with Crippen molar-refractivity contribution in [2.24, 2.45) is 5.73 Å². The largest absolute Gasteiger partial charge is 0.399 e. The molecular weight excluding hydrogens is 430 g/mol. The van der Waals surface area contributed by atoms with Crippen molar-refractivity contribution in [1.29, 1.82) is 5.41 Å². The molecule has 0 saturated carbocycles. The molecule has 1 aromatic heterocycles. The lowest BCUT2D eigenvalue weighted by atomic mass is 10.1. The number of hydrazine groups is 1. The zero-order valence-electron chi connectivity index (χ0n) is 19.5. The van der Waals surface area contributed by atoms with Crippen molar-refractivity contribution in [3.8, 4) is 11.3 Å². The lowest BCUT2D eigenvalue weighted by Crippen LogP contribution is -2.37. The molecule has 178 valence electrons. The Hall–Kier alpha value is -4.11. The van der Waals surface area contributed by atoms with Crippen LogP contribution in [-0.4, -0.2) is 34.4 Å². The Morgan fingerprint density at radius 2 is 1.76 bits per heavy atom. The minimum absolute atomic E-state index is 0.0118. The lowest BCUT2D eigenvalue weighted by Gasteiger charge is -2.22. The number of hydrogen-bond donors (Lipinski definition) is 5. The molecule has 0 aliphatic carbocycles. The second-order valence-corrected chi connectivity index (χ2v) is 7.82. The van der Waals surface area contributed by atoms with Crippen molar-refractivity contribution in [2.45, 2.75) is 26.9 Å². The van der Waals surface area contributed by atoms with Crippen LogP contribution in [0, 0.1) is 5.41 Å². The number of amides is 1. The number of nitrogen functional groups attached to an aromatic ring is 2. The number of benzene rings is 2. The van der Waals surface area contributed by atoms with Crippen molar-refractivity contribution in [2.75, 3.05) is 24.2 Å². The number of amidine groups is 1. The van der Waals surface area contributed by atoms with Crippen LogP contribution in [0.25, 0.3) is 11.3 Å². The molecule has 7 N–H and O–H groups in total. The molecule has 34 heavy (non-hydrogen) atoms. The first kappa shape index (κ1) is 24.5. The maximum atomic E-state index is 13.4. The standard InChI is InChI=1S/C25H31N7O2/c1-3-31(4-2)30-21-12-13-22(19-6-5-7-20(26)14-19)32(25(21)34)16-23(33)29-15-17-8-10-18(11-9-17)24(27)28/h5-14,30H,3-4,15-16,26H2,1-2H3,(H3,27,28)(H,29,33). The van der Waals surface area contributed by atoms with Crippen molar-refractivity contribution < 1.29 is 4.79 Å².